The van der Waals surface area contributed by atoms with Gasteiger partial charge in [0.05, 0.1) is 25.0 Å². The van der Waals surface area contributed by atoms with Gasteiger partial charge in [0, 0.05) is 48.9 Å². The molecule has 72 heavy (non-hydrogen) atoms. The lowest BCUT2D eigenvalue weighted by Crippen LogP contribution is -2.39. The topological polar surface area (TPSA) is 235 Å². The van der Waals surface area contributed by atoms with E-state index in [9.17, 15) is 33.7 Å². The van der Waals surface area contributed by atoms with Crippen molar-refractivity contribution in [1.82, 2.24) is 19.6 Å². The number of hydrogen-bond donors (Lipinski definition) is 4. The molecule has 0 atom stereocenters. The molecule has 0 aliphatic carbocycles. The molecule has 1 saturated heterocycles. The van der Waals surface area contributed by atoms with Crippen LogP contribution in [-0.2, 0) is 40.1 Å². The van der Waals surface area contributed by atoms with E-state index in [4.69, 9.17) is 18.9 Å². The van der Waals surface area contributed by atoms with Crippen molar-refractivity contribution in [1.29, 1.82) is 0 Å². The van der Waals surface area contributed by atoms with Crippen molar-refractivity contribution in [2.75, 3.05) is 149 Å². The summed E-state index contributed by atoms with van der Waals surface area (Å²) in [6.07, 6.45) is 8.00. The summed E-state index contributed by atoms with van der Waals surface area (Å²) in [4.78, 5) is 9.68. The van der Waals surface area contributed by atoms with Crippen LogP contribution in [0.3, 0.4) is 0 Å². The number of nitrogens with zero attached hydrogens (tertiary/aromatic N) is 4. The van der Waals surface area contributed by atoms with Gasteiger partial charge in [-0.1, -0.05) is 0 Å². The molecular formula is C48H72N8O12S4. The highest BCUT2D eigenvalue weighted by Crippen LogP contribution is 2.20. The van der Waals surface area contributed by atoms with Gasteiger partial charge in [0.2, 0.25) is 40.1 Å². The van der Waals surface area contributed by atoms with Gasteiger partial charge in [-0.2, -0.15) is 0 Å². The second-order valence-corrected chi connectivity index (χ2v) is 24.8. The lowest BCUT2D eigenvalue weighted by Gasteiger charge is -2.30. The van der Waals surface area contributed by atoms with Crippen LogP contribution in [0.5, 0.6) is 23.0 Å². The van der Waals surface area contributed by atoms with E-state index < -0.39 is 40.1 Å². The third-order valence-corrected chi connectivity index (χ3v) is 13.6. The van der Waals surface area contributed by atoms with Crippen LogP contribution in [0.4, 0.5) is 22.7 Å². The molecule has 0 amide bonds. The second-order valence-electron chi connectivity index (χ2n) is 17.8. The van der Waals surface area contributed by atoms with Gasteiger partial charge in [0.25, 0.3) is 0 Å². The first-order valence-electron chi connectivity index (χ1n) is 23.8. The Hall–Kier alpha value is -5.08. The first kappa shape index (κ1) is 57.8. The van der Waals surface area contributed by atoms with E-state index in [1.807, 2.05) is 0 Å². The lowest BCUT2D eigenvalue weighted by atomic mass is 10.2. The molecule has 20 nitrogen and oxygen atoms in total. The number of sulfonamides is 4. The average Bonchev–Trinajstić information content (AvgIpc) is 3.28. The SMILES string of the molecule is CS(=O)(=O)Nc1ccc(OCCN2CCCN(CCOc3ccc(NS(C)(=O)=O)cc3)CCCN(CCOc3ccc(NS(C)(=O)=O)cc3)CCCN(CCOc3ccc(NS(C)(=O)=O)cc3)CCC2)cc1. The van der Waals surface area contributed by atoms with E-state index in [1.54, 1.807) is 97.1 Å². The zero-order valence-electron chi connectivity index (χ0n) is 41.7. The minimum absolute atomic E-state index is 0.441. The maximum absolute atomic E-state index is 11.7. The van der Waals surface area contributed by atoms with E-state index >= 15 is 0 Å². The number of ether oxygens (including phenoxy) is 4. The molecule has 0 saturated carbocycles. The number of rotatable bonds is 24. The van der Waals surface area contributed by atoms with Crippen LogP contribution >= 0.6 is 0 Å². The normalized spacial score (nSPS) is 16.1. The zero-order chi connectivity index (χ0) is 52.0. The summed E-state index contributed by atoms with van der Waals surface area (Å²) in [6, 6.07) is 27.4. The molecule has 4 N–H and O–H groups in total. The Balaban J connectivity index is 1.25. The van der Waals surface area contributed by atoms with Gasteiger partial charge in [0.15, 0.2) is 0 Å². The zero-order valence-corrected chi connectivity index (χ0v) is 45.0. The lowest BCUT2D eigenvalue weighted by molar-refractivity contribution is 0.147. The van der Waals surface area contributed by atoms with Gasteiger partial charge in [-0.25, -0.2) is 33.7 Å². The van der Waals surface area contributed by atoms with E-state index in [1.165, 1.54) is 0 Å². The summed E-state index contributed by atoms with van der Waals surface area (Å²) in [5.74, 6) is 2.56. The van der Waals surface area contributed by atoms with Gasteiger partial charge >= 0.3 is 0 Å². The molecule has 1 fully saturated rings. The van der Waals surface area contributed by atoms with Crippen LogP contribution in [-0.4, -0.2) is 183 Å². The predicted molar refractivity (Wildman–Crippen MR) is 286 cm³/mol. The highest BCUT2D eigenvalue weighted by Gasteiger charge is 2.16. The molecule has 0 radical (unpaired) electrons. The highest BCUT2D eigenvalue weighted by atomic mass is 32.2. The molecule has 1 aliphatic rings. The number of benzene rings is 4. The minimum atomic E-state index is -3.40. The number of anilines is 4. The Morgan fingerprint density at radius 3 is 0.639 bits per heavy atom. The van der Waals surface area contributed by atoms with Gasteiger partial charge < -0.3 is 18.9 Å². The number of nitrogens with one attached hydrogen (secondary N) is 4. The third kappa shape index (κ3) is 25.0. The summed E-state index contributed by atoms with van der Waals surface area (Å²) >= 11 is 0. The largest absolute Gasteiger partial charge is 0.492 e. The summed E-state index contributed by atoms with van der Waals surface area (Å²) in [5.41, 5.74) is 1.85. The van der Waals surface area contributed by atoms with Gasteiger partial charge in [-0.05, 0) is 175 Å². The minimum Gasteiger partial charge on any atom is -0.492 e. The Labute approximate surface area is 427 Å². The molecule has 4 aromatic carbocycles. The second kappa shape index (κ2) is 28.4. The van der Waals surface area contributed by atoms with Crippen LogP contribution in [0.1, 0.15) is 25.7 Å². The Morgan fingerprint density at radius 2 is 0.486 bits per heavy atom. The molecule has 400 valence electrons. The summed E-state index contributed by atoms with van der Waals surface area (Å²) < 4.78 is 128. The fourth-order valence-electron chi connectivity index (χ4n) is 7.92. The van der Waals surface area contributed by atoms with E-state index in [0.717, 1.165) is 103 Å². The average molecular weight is 1080 g/mol. The molecule has 0 unspecified atom stereocenters. The molecule has 0 bridgehead atoms. The van der Waals surface area contributed by atoms with Crippen LogP contribution in [0.2, 0.25) is 0 Å². The molecule has 1 aliphatic heterocycles. The van der Waals surface area contributed by atoms with E-state index in [0.29, 0.717) is 98.4 Å². The fraction of sp³-hybridized carbons (Fsp3) is 0.500. The summed E-state index contributed by atoms with van der Waals surface area (Å²) in [5, 5.41) is 0. The standard InChI is InChI=1S/C48H72N8O12S4/c1-69(57,58)49-41-9-17-45(18-10-41)65-37-33-53-25-5-27-54(34-38-66-46-19-11-42(12-20-46)50-70(2,59)60)29-7-31-56(36-40-68-48-23-15-44(16-24-48)52-72(4,63)64)32-8-30-55(28-6-26-53)35-39-67-47-21-13-43(14-22-47)51-71(3,61)62/h9-24,49-52H,5-8,25-40H2,1-4H3. The van der Waals surface area contributed by atoms with Gasteiger partial charge in [-0.3, -0.25) is 38.5 Å². The Kier molecular flexibility index (Phi) is 22.8. The van der Waals surface area contributed by atoms with Crippen molar-refractivity contribution in [3.8, 4) is 23.0 Å². The maximum Gasteiger partial charge on any atom is 0.229 e. The molecule has 1 heterocycles. The monoisotopic (exact) mass is 1080 g/mol. The quantitative estimate of drug-likeness (QED) is 0.0753. The predicted octanol–water partition coefficient (Wildman–Crippen LogP) is 4.57. The molecule has 5 rings (SSSR count). The smallest absolute Gasteiger partial charge is 0.229 e. The van der Waals surface area contributed by atoms with E-state index in [2.05, 4.69) is 38.5 Å². The van der Waals surface area contributed by atoms with Crippen molar-refractivity contribution >= 4 is 62.8 Å². The third-order valence-electron chi connectivity index (χ3n) is 11.1. The number of hydrogen-bond acceptors (Lipinski definition) is 16. The molecule has 0 spiro atoms. The van der Waals surface area contributed by atoms with Crippen LogP contribution in [0.25, 0.3) is 0 Å². The van der Waals surface area contributed by atoms with Crippen molar-refractivity contribution in [2.24, 2.45) is 0 Å². The van der Waals surface area contributed by atoms with Crippen LogP contribution in [0.15, 0.2) is 97.1 Å². The Morgan fingerprint density at radius 1 is 0.319 bits per heavy atom. The molecule has 24 heteroatoms. The van der Waals surface area contributed by atoms with E-state index in [-0.39, 0.29) is 0 Å². The first-order chi connectivity index (χ1) is 34.1. The highest BCUT2D eigenvalue weighted by molar-refractivity contribution is 7.92. The molecule has 4 aromatic rings. The van der Waals surface area contributed by atoms with Crippen LogP contribution < -0.4 is 37.8 Å². The molecular weight excluding hydrogens is 1010 g/mol. The summed E-state index contributed by atoms with van der Waals surface area (Å²) in [6.45, 7) is 11.1. The van der Waals surface area contributed by atoms with Crippen molar-refractivity contribution in [3.05, 3.63) is 97.1 Å². The van der Waals surface area contributed by atoms with Gasteiger partial charge in [-0.15, -0.1) is 0 Å². The summed E-state index contributed by atoms with van der Waals surface area (Å²) in [7, 11) is -13.6. The van der Waals surface area contributed by atoms with Crippen LogP contribution in [0, 0.1) is 0 Å². The van der Waals surface area contributed by atoms with Crippen molar-refractivity contribution < 1.29 is 52.6 Å². The Bertz CT molecular complexity index is 2300. The van der Waals surface area contributed by atoms with Crippen molar-refractivity contribution in [2.45, 2.75) is 25.7 Å². The maximum atomic E-state index is 11.7. The van der Waals surface area contributed by atoms with Gasteiger partial charge in [0.1, 0.15) is 49.4 Å². The molecule has 0 aromatic heterocycles. The fourth-order valence-corrected chi connectivity index (χ4v) is 10.2. The van der Waals surface area contributed by atoms with Crippen molar-refractivity contribution in [3.63, 3.8) is 0 Å². The first-order valence-corrected chi connectivity index (χ1v) is 31.4.